The van der Waals surface area contributed by atoms with E-state index in [0.717, 1.165) is 11.4 Å². The molecule has 1 unspecified atom stereocenters. The first-order valence-electron chi connectivity index (χ1n) is 5.95. The van der Waals surface area contributed by atoms with Crippen LogP contribution in [0.3, 0.4) is 0 Å². The Hall–Kier alpha value is -1.81. The Labute approximate surface area is 108 Å². The van der Waals surface area contributed by atoms with E-state index in [1.807, 2.05) is 43.3 Å². The minimum Gasteiger partial charge on any atom is -0.497 e. The summed E-state index contributed by atoms with van der Waals surface area (Å²) >= 11 is 0. The quantitative estimate of drug-likeness (QED) is 0.896. The molecule has 0 spiro atoms. The Morgan fingerprint density at radius 3 is 2.67 bits per heavy atom. The van der Waals surface area contributed by atoms with Crippen molar-refractivity contribution in [2.24, 2.45) is 7.05 Å². The molecule has 18 heavy (non-hydrogen) atoms. The maximum Gasteiger partial charge on any atom is 0.119 e. The average molecular weight is 245 g/mol. The van der Waals surface area contributed by atoms with E-state index >= 15 is 0 Å². The van der Waals surface area contributed by atoms with Crippen molar-refractivity contribution in [1.29, 1.82) is 0 Å². The first kappa shape index (κ1) is 12.6. The number of imidazole rings is 1. The molecule has 0 radical (unpaired) electrons. The Bertz CT molecular complexity index is 534. The van der Waals surface area contributed by atoms with E-state index in [-0.39, 0.29) is 6.04 Å². The summed E-state index contributed by atoms with van der Waals surface area (Å²) in [7, 11) is 5.61. The molecule has 0 amide bonds. The predicted molar refractivity (Wildman–Crippen MR) is 71.8 cm³/mol. The van der Waals surface area contributed by atoms with Crippen molar-refractivity contribution in [3.8, 4) is 5.75 Å². The van der Waals surface area contributed by atoms with E-state index < -0.39 is 0 Å². The Kier molecular flexibility index (Phi) is 3.67. The number of aryl methyl sites for hydroxylation is 2. The molecule has 0 saturated heterocycles. The Morgan fingerprint density at radius 1 is 1.39 bits per heavy atom. The molecule has 1 aromatic heterocycles. The van der Waals surface area contributed by atoms with Gasteiger partial charge in [0.15, 0.2) is 0 Å². The highest BCUT2D eigenvalue weighted by atomic mass is 16.5. The van der Waals surface area contributed by atoms with Crippen molar-refractivity contribution in [3.63, 3.8) is 0 Å². The van der Waals surface area contributed by atoms with Crippen LogP contribution in [0.2, 0.25) is 0 Å². The number of nitrogens with zero attached hydrogens (tertiary/aromatic N) is 2. The zero-order chi connectivity index (χ0) is 13.1. The Balaban J connectivity index is 2.39. The molecule has 4 heteroatoms. The van der Waals surface area contributed by atoms with Crippen LogP contribution in [0.25, 0.3) is 0 Å². The van der Waals surface area contributed by atoms with Gasteiger partial charge in [0.05, 0.1) is 25.2 Å². The van der Waals surface area contributed by atoms with Crippen LogP contribution >= 0.6 is 0 Å². The molecule has 96 valence electrons. The number of benzene rings is 1. The number of rotatable bonds is 4. The van der Waals surface area contributed by atoms with E-state index in [1.54, 1.807) is 7.11 Å². The molecular weight excluding hydrogens is 226 g/mol. The van der Waals surface area contributed by atoms with Crippen LogP contribution in [-0.2, 0) is 7.05 Å². The van der Waals surface area contributed by atoms with Crippen molar-refractivity contribution < 1.29 is 4.74 Å². The summed E-state index contributed by atoms with van der Waals surface area (Å²) in [5, 5.41) is 3.31. The standard InChI is InChI=1S/C14H19N3O/c1-10-7-11(18-4)5-6-12(10)14(15-2)13-8-17(3)9-16-13/h5-9,14-15H,1-4H3. The molecule has 4 nitrogen and oxygen atoms in total. The predicted octanol–water partition coefficient (Wildman–Crippen LogP) is 2.05. The summed E-state index contributed by atoms with van der Waals surface area (Å²) in [5.41, 5.74) is 3.43. The van der Waals surface area contributed by atoms with Crippen molar-refractivity contribution >= 4 is 0 Å². The molecule has 2 rings (SSSR count). The van der Waals surface area contributed by atoms with Gasteiger partial charge in [0.2, 0.25) is 0 Å². The van der Waals surface area contributed by atoms with Gasteiger partial charge < -0.3 is 14.6 Å². The molecule has 1 atom stereocenters. The van der Waals surface area contributed by atoms with E-state index in [4.69, 9.17) is 4.74 Å². The van der Waals surface area contributed by atoms with Crippen LogP contribution in [0.5, 0.6) is 5.75 Å². The smallest absolute Gasteiger partial charge is 0.119 e. The lowest BCUT2D eigenvalue weighted by Crippen LogP contribution is -2.19. The van der Waals surface area contributed by atoms with E-state index in [1.165, 1.54) is 11.1 Å². The van der Waals surface area contributed by atoms with Gasteiger partial charge in [0, 0.05) is 13.2 Å². The van der Waals surface area contributed by atoms with Crippen LogP contribution in [0.4, 0.5) is 0 Å². The van der Waals surface area contributed by atoms with Gasteiger partial charge in [-0.25, -0.2) is 4.98 Å². The number of methoxy groups -OCH3 is 1. The number of hydrogen-bond acceptors (Lipinski definition) is 3. The monoisotopic (exact) mass is 245 g/mol. The molecule has 0 saturated carbocycles. The minimum absolute atomic E-state index is 0.108. The molecule has 0 bridgehead atoms. The first-order valence-corrected chi connectivity index (χ1v) is 5.95. The second-order valence-electron chi connectivity index (χ2n) is 4.41. The van der Waals surface area contributed by atoms with Gasteiger partial charge in [0.1, 0.15) is 5.75 Å². The largest absolute Gasteiger partial charge is 0.497 e. The zero-order valence-corrected chi connectivity index (χ0v) is 11.3. The fourth-order valence-corrected chi connectivity index (χ4v) is 2.14. The van der Waals surface area contributed by atoms with Gasteiger partial charge in [-0.3, -0.25) is 0 Å². The van der Waals surface area contributed by atoms with Crippen LogP contribution < -0.4 is 10.1 Å². The maximum absolute atomic E-state index is 5.23. The van der Waals surface area contributed by atoms with E-state index in [0.29, 0.717) is 0 Å². The molecule has 0 fully saturated rings. The highest BCUT2D eigenvalue weighted by Crippen LogP contribution is 2.26. The lowest BCUT2D eigenvalue weighted by molar-refractivity contribution is 0.414. The molecule has 0 aliphatic carbocycles. The van der Waals surface area contributed by atoms with Crippen molar-refractivity contribution in [2.45, 2.75) is 13.0 Å². The molecular formula is C14H19N3O. The molecule has 1 aromatic carbocycles. The van der Waals surface area contributed by atoms with Crippen molar-refractivity contribution in [3.05, 3.63) is 47.5 Å². The van der Waals surface area contributed by atoms with Crippen LogP contribution in [0, 0.1) is 6.92 Å². The third-order valence-electron chi connectivity index (χ3n) is 3.10. The second-order valence-corrected chi connectivity index (χ2v) is 4.41. The molecule has 0 aliphatic heterocycles. The third kappa shape index (κ3) is 2.38. The highest BCUT2D eigenvalue weighted by Gasteiger charge is 2.16. The number of aromatic nitrogens is 2. The van der Waals surface area contributed by atoms with Gasteiger partial charge >= 0.3 is 0 Å². The molecule has 1 heterocycles. The van der Waals surface area contributed by atoms with Gasteiger partial charge in [0.25, 0.3) is 0 Å². The minimum atomic E-state index is 0.108. The van der Waals surface area contributed by atoms with E-state index in [2.05, 4.69) is 23.3 Å². The van der Waals surface area contributed by atoms with Gasteiger partial charge in [-0.15, -0.1) is 0 Å². The third-order valence-corrected chi connectivity index (χ3v) is 3.10. The number of ether oxygens (including phenoxy) is 1. The topological polar surface area (TPSA) is 39.1 Å². The fourth-order valence-electron chi connectivity index (χ4n) is 2.14. The lowest BCUT2D eigenvalue weighted by Gasteiger charge is -2.17. The fraction of sp³-hybridized carbons (Fsp3) is 0.357. The number of hydrogen-bond donors (Lipinski definition) is 1. The summed E-state index contributed by atoms with van der Waals surface area (Å²) in [6.07, 6.45) is 3.85. The Morgan fingerprint density at radius 2 is 2.17 bits per heavy atom. The zero-order valence-electron chi connectivity index (χ0n) is 11.3. The SMILES string of the molecule is CNC(c1cn(C)cn1)c1ccc(OC)cc1C. The normalized spacial score (nSPS) is 12.4. The van der Waals surface area contributed by atoms with Crippen molar-refractivity contribution in [2.75, 3.05) is 14.2 Å². The number of nitrogens with one attached hydrogen (secondary N) is 1. The van der Waals surface area contributed by atoms with Gasteiger partial charge in [-0.2, -0.15) is 0 Å². The van der Waals surface area contributed by atoms with E-state index in [9.17, 15) is 0 Å². The highest BCUT2D eigenvalue weighted by molar-refractivity contribution is 5.39. The average Bonchev–Trinajstić information content (AvgIpc) is 2.78. The summed E-state index contributed by atoms with van der Waals surface area (Å²) in [6.45, 7) is 2.09. The summed E-state index contributed by atoms with van der Waals surface area (Å²) in [4.78, 5) is 4.42. The van der Waals surface area contributed by atoms with Crippen LogP contribution in [0.15, 0.2) is 30.7 Å². The van der Waals surface area contributed by atoms with Gasteiger partial charge in [-0.1, -0.05) is 6.07 Å². The van der Waals surface area contributed by atoms with Gasteiger partial charge in [-0.05, 0) is 37.2 Å². The first-order chi connectivity index (χ1) is 8.65. The summed E-state index contributed by atoms with van der Waals surface area (Å²) < 4.78 is 7.19. The van der Waals surface area contributed by atoms with Crippen LogP contribution in [0.1, 0.15) is 22.9 Å². The van der Waals surface area contributed by atoms with Crippen LogP contribution in [-0.4, -0.2) is 23.7 Å². The maximum atomic E-state index is 5.23. The molecule has 1 N–H and O–H groups in total. The summed E-state index contributed by atoms with van der Waals surface area (Å²) in [6, 6.07) is 6.22. The van der Waals surface area contributed by atoms with Crippen molar-refractivity contribution in [1.82, 2.24) is 14.9 Å². The summed E-state index contributed by atoms with van der Waals surface area (Å²) in [5.74, 6) is 0.882. The second kappa shape index (κ2) is 5.23. The molecule has 2 aromatic rings. The molecule has 0 aliphatic rings. The lowest BCUT2D eigenvalue weighted by atomic mass is 9.99.